The summed E-state index contributed by atoms with van der Waals surface area (Å²) >= 11 is 0. The first kappa shape index (κ1) is 16.5. The number of amides is 1. The van der Waals surface area contributed by atoms with Gasteiger partial charge in [-0.3, -0.25) is 4.79 Å². The summed E-state index contributed by atoms with van der Waals surface area (Å²) in [7, 11) is 0. The van der Waals surface area contributed by atoms with Crippen LogP contribution in [0.4, 0.5) is 0 Å². The van der Waals surface area contributed by atoms with E-state index in [0.717, 1.165) is 12.8 Å². The molecule has 1 rings (SSSR count). The Morgan fingerprint density at radius 3 is 2.70 bits per heavy atom. The summed E-state index contributed by atoms with van der Waals surface area (Å²) in [6.45, 7) is 8.04. The zero-order valence-electron chi connectivity index (χ0n) is 12.7. The fourth-order valence-corrected chi connectivity index (χ4v) is 2.02. The lowest BCUT2D eigenvalue weighted by Crippen LogP contribution is -2.34. The van der Waals surface area contributed by atoms with E-state index in [2.05, 4.69) is 19.2 Å². The molecule has 0 spiro atoms. The van der Waals surface area contributed by atoms with Crippen molar-refractivity contribution in [3.8, 4) is 5.75 Å². The second kappa shape index (κ2) is 7.90. The van der Waals surface area contributed by atoms with Gasteiger partial charge in [-0.2, -0.15) is 0 Å². The molecule has 1 aromatic carbocycles. The van der Waals surface area contributed by atoms with Gasteiger partial charge in [0.2, 0.25) is 0 Å². The Hall–Kier alpha value is -1.55. The number of ether oxygens (including phenoxy) is 1. The summed E-state index contributed by atoms with van der Waals surface area (Å²) < 4.78 is 5.48. The Kier molecular flexibility index (Phi) is 6.52. The van der Waals surface area contributed by atoms with Crippen LogP contribution in [0.15, 0.2) is 24.3 Å². The molecule has 0 aromatic heterocycles. The van der Waals surface area contributed by atoms with Gasteiger partial charge < -0.3 is 15.8 Å². The first-order valence-electron chi connectivity index (χ1n) is 7.20. The Balaban J connectivity index is 2.63. The third kappa shape index (κ3) is 5.21. The smallest absolute Gasteiger partial charge is 0.255 e. The second-order valence-electron chi connectivity index (χ2n) is 5.67. The maximum Gasteiger partial charge on any atom is 0.255 e. The van der Waals surface area contributed by atoms with Gasteiger partial charge in [0.25, 0.3) is 5.91 Å². The van der Waals surface area contributed by atoms with E-state index in [-0.39, 0.29) is 11.3 Å². The Labute approximate surface area is 121 Å². The molecule has 1 aromatic rings. The van der Waals surface area contributed by atoms with Crippen LogP contribution in [-0.4, -0.2) is 25.6 Å². The first-order chi connectivity index (χ1) is 9.50. The molecule has 0 atom stereocenters. The summed E-state index contributed by atoms with van der Waals surface area (Å²) in [6, 6.07) is 7.31. The van der Waals surface area contributed by atoms with E-state index in [9.17, 15) is 4.79 Å². The largest absolute Gasteiger partial charge is 0.493 e. The van der Waals surface area contributed by atoms with Crippen molar-refractivity contribution in [2.45, 2.75) is 33.6 Å². The van der Waals surface area contributed by atoms with Crippen molar-refractivity contribution in [1.29, 1.82) is 0 Å². The van der Waals surface area contributed by atoms with Crippen LogP contribution in [-0.2, 0) is 0 Å². The number of nitrogens with two attached hydrogens (primary N) is 1. The molecule has 0 aliphatic heterocycles. The Morgan fingerprint density at radius 2 is 2.05 bits per heavy atom. The molecule has 0 heterocycles. The number of para-hydroxylation sites is 1. The highest BCUT2D eigenvalue weighted by Crippen LogP contribution is 2.22. The minimum Gasteiger partial charge on any atom is -0.493 e. The van der Waals surface area contributed by atoms with E-state index >= 15 is 0 Å². The molecule has 3 N–H and O–H groups in total. The number of carbonyl (C=O) groups excluding carboxylic acids is 1. The normalized spacial score (nSPS) is 11.2. The van der Waals surface area contributed by atoms with E-state index in [1.165, 1.54) is 0 Å². The second-order valence-corrected chi connectivity index (χ2v) is 5.67. The predicted octanol–water partition coefficient (Wildman–Crippen LogP) is 2.58. The fourth-order valence-electron chi connectivity index (χ4n) is 2.02. The third-order valence-electron chi connectivity index (χ3n) is 3.22. The Bertz CT molecular complexity index is 430. The molecule has 1 amide bonds. The molecule has 20 heavy (non-hydrogen) atoms. The molecule has 0 bridgehead atoms. The van der Waals surface area contributed by atoms with Crippen LogP contribution in [0.25, 0.3) is 0 Å². The summed E-state index contributed by atoms with van der Waals surface area (Å²) in [5.74, 6) is 0.544. The molecule has 112 valence electrons. The van der Waals surface area contributed by atoms with Gasteiger partial charge in [-0.25, -0.2) is 0 Å². The number of hydrogen-bond donors (Lipinski definition) is 2. The van der Waals surface area contributed by atoms with Crippen LogP contribution in [0.1, 0.15) is 44.0 Å². The van der Waals surface area contributed by atoms with Crippen molar-refractivity contribution >= 4 is 5.91 Å². The minimum absolute atomic E-state index is 0.0512. The number of carbonyl (C=O) groups is 1. The highest BCUT2D eigenvalue weighted by molar-refractivity contribution is 5.96. The molecule has 4 heteroatoms. The summed E-state index contributed by atoms with van der Waals surface area (Å²) in [4.78, 5) is 12.2. The zero-order valence-corrected chi connectivity index (χ0v) is 12.7. The molecule has 0 aliphatic rings. The highest BCUT2D eigenvalue weighted by atomic mass is 16.5. The van der Waals surface area contributed by atoms with Crippen molar-refractivity contribution in [2.75, 3.05) is 19.7 Å². The lowest BCUT2D eigenvalue weighted by atomic mass is 9.87. The van der Waals surface area contributed by atoms with Gasteiger partial charge in [-0.1, -0.05) is 26.0 Å². The van der Waals surface area contributed by atoms with Gasteiger partial charge in [0, 0.05) is 6.54 Å². The average Bonchev–Trinajstić information content (AvgIpc) is 2.44. The summed E-state index contributed by atoms with van der Waals surface area (Å²) in [5, 5.41) is 2.99. The molecule has 0 saturated heterocycles. The quantitative estimate of drug-likeness (QED) is 0.768. The van der Waals surface area contributed by atoms with Crippen LogP contribution in [0.2, 0.25) is 0 Å². The molecule has 0 aliphatic carbocycles. The monoisotopic (exact) mass is 278 g/mol. The van der Waals surface area contributed by atoms with Crippen molar-refractivity contribution in [3.63, 3.8) is 0 Å². The van der Waals surface area contributed by atoms with E-state index < -0.39 is 0 Å². The maximum atomic E-state index is 12.2. The van der Waals surface area contributed by atoms with Crippen LogP contribution in [0.5, 0.6) is 5.75 Å². The van der Waals surface area contributed by atoms with Crippen LogP contribution in [0.3, 0.4) is 0 Å². The van der Waals surface area contributed by atoms with Crippen molar-refractivity contribution in [3.05, 3.63) is 29.8 Å². The first-order valence-corrected chi connectivity index (χ1v) is 7.20. The lowest BCUT2D eigenvalue weighted by molar-refractivity contribution is 0.0930. The fraction of sp³-hybridized carbons (Fsp3) is 0.562. The van der Waals surface area contributed by atoms with Crippen LogP contribution in [0, 0.1) is 5.41 Å². The topological polar surface area (TPSA) is 64.3 Å². The number of rotatable bonds is 8. The van der Waals surface area contributed by atoms with E-state index in [4.69, 9.17) is 10.5 Å². The molecule has 0 saturated carbocycles. The average molecular weight is 278 g/mol. The predicted molar refractivity (Wildman–Crippen MR) is 82.0 cm³/mol. The van der Waals surface area contributed by atoms with Crippen molar-refractivity contribution < 1.29 is 9.53 Å². The van der Waals surface area contributed by atoms with Crippen molar-refractivity contribution in [1.82, 2.24) is 5.32 Å². The van der Waals surface area contributed by atoms with Crippen LogP contribution < -0.4 is 15.8 Å². The zero-order chi connectivity index (χ0) is 15.0. The van der Waals surface area contributed by atoms with Gasteiger partial charge in [0.1, 0.15) is 5.75 Å². The summed E-state index contributed by atoms with van der Waals surface area (Å²) in [6.07, 6.45) is 1.97. The van der Waals surface area contributed by atoms with Gasteiger partial charge in [0.05, 0.1) is 12.2 Å². The lowest BCUT2D eigenvalue weighted by Gasteiger charge is -2.25. The Morgan fingerprint density at radius 1 is 1.35 bits per heavy atom. The summed E-state index contributed by atoms with van der Waals surface area (Å²) in [5.41, 5.74) is 6.17. The highest BCUT2D eigenvalue weighted by Gasteiger charge is 2.19. The van der Waals surface area contributed by atoms with Crippen LogP contribution >= 0.6 is 0 Å². The molecule has 0 unspecified atom stereocenters. The number of hydrogen-bond acceptors (Lipinski definition) is 3. The van der Waals surface area contributed by atoms with Crippen molar-refractivity contribution in [2.24, 2.45) is 11.1 Å². The van der Waals surface area contributed by atoms with E-state index in [1.54, 1.807) is 6.07 Å². The molecular weight excluding hydrogens is 252 g/mol. The maximum absolute atomic E-state index is 12.2. The number of nitrogens with one attached hydrogen (secondary N) is 1. The van der Waals surface area contributed by atoms with Gasteiger partial charge in [-0.05, 0) is 43.9 Å². The third-order valence-corrected chi connectivity index (χ3v) is 3.22. The van der Waals surface area contributed by atoms with E-state index in [1.807, 2.05) is 25.1 Å². The van der Waals surface area contributed by atoms with Gasteiger partial charge >= 0.3 is 0 Å². The van der Waals surface area contributed by atoms with Gasteiger partial charge in [-0.15, -0.1) is 0 Å². The molecule has 0 radical (unpaired) electrons. The van der Waals surface area contributed by atoms with Gasteiger partial charge in [0.15, 0.2) is 0 Å². The molecular formula is C16H26N2O2. The number of benzene rings is 1. The molecule has 0 fully saturated rings. The SMILES string of the molecule is CCOc1ccccc1C(=O)NCC(C)(C)CCCN. The van der Waals surface area contributed by atoms with E-state index in [0.29, 0.717) is 31.0 Å². The standard InChI is InChI=1S/C16H26N2O2/c1-4-20-14-9-6-5-8-13(14)15(19)18-12-16(2,3)10-7-11-17/h5-6,8-9H,4,7,10-12,17H2,1-3H3,(H,18,19). The minimum atomic E-state index is -0.0881. The molecule has 4 nitrogen and oxygen atoms in total.